The number of rotatable bonds is 5. The zero-order valence-corrected chi connectivity index (χ0v) is 21.0. The monoisotopic (exact) mass is 568 g/mol. The summed E-state index contributed by atoms with van der Waals surface area (Å²) >= 11 is 12.1. The van der Waals surface area contributed by atoms with Crippen LogP contribution in [0.4, 0.5) is 13.2 Å². The lowest BCUT2D eigenvalue weighted by Crippen LogP contribution is -2.44. The van der Waals surface area contributed by atoms with Crippen molar-refractivity contribution in [3.63, 3.8) is 0 Å². The minimum absolute atomic E-state index is 0.00841. The molecule has 2 aliphatic rings. The summed E-state index contributed by atoms with van der Waals surface area (Å²) in [6, 6.07) is 4.12. The lowest BCUT2D eigenvalue weighted by molar-refractivity contribution is -0.173. The number of hydrogen-bond acceptors (Lipinski definition) is 6. The van der Waals surface area contributed by atoms with Crippen molar-refractivity contribution in [2.45, 2.75) is 36.9 Å². The molecule has 9 nitrogen and oxygen atoms in total. The third-order valence-corrected chi connectivity index (χ3v) is 8.78. The van der Waals surface area contributed by atoms with Crippen LogP contribution in [-0.4, -0.2) is 66.9 Å². The van der Waals surface area contributed by atoms with Crippen LogP contribution in [0.15, 0.2) is 27.6 Å². The molecule has 0 unspecified atom stereocenters. The zero-order valence-electron chi connectivity index (χ0n) is 18.6. The number of amides is 2. The van der Waals surface area contributed by atoms with Gasteiger partial charge in [0.15, 0.2) is 5.69 Å². The van der Waals surface area contributed by atoms with Gasteiger partial charge in [-0.3, -0.25) is 9.59 Å². The Morgan fingerprint density at radius 3 is 2.53 bits per heavy atom. The highest BCUT2D eigenvalue weighted by molar-refractivity contribution is 7.89. The van der Waals surface area contributed by atoms with Crippen molar-refractivity contribution in [2.75, 3.05) is 26.2 Å². The molecule has 0 spiro atoms. The lowest BCUT2D eigenvalue weighted by Gasteiger charge is -2.32. The topological polar surface area (TPSA) is 113 Å². The van der Waals surface area contributed by atoms with Crippen molar-refractivity contribution >= 4 is 45.0 Å². The van der Waals surface area contributed by atoms with E-state index in [0.717, 1.165) is 0 Å². The summed E-state index contributed by atoms with van der Waals surface area (Å²) in [5.74, 6) is -2.26. The van der Waals surface area contributed by atoms with Gasteiger partial charge >= 0.3 is 12.1 Å². The summed E-state index contributed by atoms with van der Waals surface area (Å²) in [6.45, 7) is 0.292. The minimum Gasteiger partial charge on any atom is -0.360 e. The molecule has 196 valence electrons. The van der Waals surface area contributed by atoms with Gasteiger partial charge in [-0.05, 0) is 37.0 Å². The van der Waals surface area contributed by atoms with Gasteiger partial charge in [0.2, 0.25) is 10.0 Å². The standard InChI is InChI=1S/C21H21Cl2F3N4O5S/c22-13-1-2-15(23)17(9-13)36(33,34)30-8-5-16-14(11-30)18(28-35-16)19(31)29-6-3-12(4-7-29)10-27-20(32)21(24,25)26/h1-2,9,12H,3-8,10-11H2,(H,27,32). The molecule has 2 aliphatic heterocycles. The molecule has 1 saturated heterocycles. The Bertz CT molecular complexity index is 1280. The van der Waals surface area contributed by atoms with Gasteiger partial charge in [-0.25, -0.2) is 8.42 Å². The number of alkyl halides is 3. The molecular weight excluding hydrogens is 548 g/mol. The highest BCUT2D eigenvalue weighted by Crippen LogP contribution is 2.32. The van der Waals surface area contributed by atoms with E-state index in [2.05, 4.69) is 5.16 Å². The number of hydrogen-bond donors (Lipinski definition) is 1. The van der Waals surface area contributed by atoms with E-state index in [-0.39, 0.29) is 65.7 Å². The summed E-state index contributed by atoms with van der Waals surface area (Å²) in [5.41, 5.74) is 0.346. The van der Waals surface area contributed by atoms with Gasteiger partial charge in [0.1, 0.15) is 10.7 Å². The molecule has 0 aliphatic carbocycles. The van der Waals surface area contributed by atoms with Crippen molar-refractivity contribution < 1.29 is 35.7 Å². The fourth-order valence-corrected chi connectivity index (χ4v) is 6.34. The van der Waals surface area contributed by atoms with Crippen LogP contribution in [0.5, 0.6) is 0 Å². The maximum absolute atomic E-state index is 13.2. The molecule has 0 saturated carbocycles. The summed E-state index contributed by atoms with van der Waals surface area (Å²) in [4.78, 5) is 25.5. The quantitative estimate of drug-likeness (QED) is 0.592. The molecule has 1 fully saturated rings. The summed E-state index contributed by atoms with van der Waals surface area (Å²) in [5, 5.41) is 5.97. The molecule has 1 N–H and O–H groups in total. The van der Waals surface area contributed by atoms with E-state index in [4.69, 9.17) is 27.7 Å². The minimum atomic E-state index is -4.94. The first-order chi connectivity index (χ1) is 16.9. The average Bonchev–Trinajstić information content (AvgIpc) is 3.26. The summed E-state index contributed by atoms with van der Waals surface area (Å²) in [7, 11) is -4.03. The molecule has 2 aromatic rings. The first-order valence-electron chi connectivity index (χ1n) is 10.9. The predicted molar refractivity (Wildman–Crippen MR) is 122 cm³/mol. The number of carbonyl (C=O) groups excluding carboxylic acids is 2. The highest BCUT2D eigenvalue weighted by atomic mass is 35.5. The lowest BCUT2D eigenvalue weighted by atomic mass is 9.96. The Morgan fingerprint density at radius 2 is 1.86 bits per heavy atom. The number of aromatic nitrogens is 1. The summed E-state index contributed by atoms with van der Waals surface area (Å²) < 4.78 is 70.0. The van der Waals surface area contributed by atoms with E-state index in [9.17, 15) is 31.2 Å². The van der Waals surface area contributed by atoms with Gasteiger partial charge in [-0.1, -0.05) is 28.4 Å². The first-order valence-corrected chi connectivity index (χ1v) is 13.1. The van der Waals surface area contributed by atoms with Crippen molar-refractivity contribution in [2.24, 2.45) is 5.92 Å². The van der Waals surface area contributed by atoms with E-state index >= 15 is 0 Å². The van der Waals surface area contributed by atoms with E-state index in [1.54, 1.807) is 0 Å². The molecule has 1 aromatic heterocycles. The predicted octanol–water partition coefficient (Wildman–Crippen LogP) is 3.26. The van der Waals surface area contributed by atoms with Crippen LogP contribution < -0.4 is 5.32 Å². The van der Waals surface area contributed by atoms with Gasteiger partial charge in [-0.2, -0.15) is 17.5 Å². The Labute approximate surface area is 214 Å². The van der Waals surface area contributed by atoms with Crippen LogP contribution in [0.25, 0.3) is 0 Å². The second-order valence-corrected chi connectivity index (χ2v) is 11.3. The average molecular weight is 569 g/mol. The second-order valence-electron chi connectivity index (χ2n) is 8.54. The molecule has 0 radical (unpaired) electrons. The number of likely N-dealkylation sites (tertiary alicyclic amines) is 1. The van der Waals surface area contributed by atoms with Gasteiger partial charge in [0.25, 0.3) is 5.91 Å². The molecule has 0 atom stereocenters. The molecule has 36 heavy (non-hydrogen) atoms. The third kappa shape index (κ3) is 5.48. The van der Waals surface area contributed by atoms with Crippen molar-refractivity contribution in [1.82, 2.24) is 19.7 Å². The molecule has 3 heterocycles. The van der Waals surface area contributed by atoms with E-state index in [0.29, 0.717) is 24.2 Å². The number of sulfonamides is 1. The molecule has 15 heteroatoms. The van der Waals surface area contributed by atoms with Gasteiger partial charge in [-0.15, -0.1) is 0 Å². The number of halogens is 5. The molecule has 1 aromatic carbocycles. The van der Waals surface area contributed by atoms with Gasteiger partial charge < -0.3 is 14.7 Å². The van der Waals surface area contributed by atoms with Crippen molar-refractivity contribution in [1.29, 1.82) is 0 Å². The number of carbonyl (C=O) groups is 2. The Hall–Kier alpha value is -2.35. The van der Waals surface area contributed by atoms with E-state index < -0.39 is 28.0 Å². The van der Waals surface area contributed by atoms with Gasteiger partial charge in [0.05, 0.1) is 5.02 Å². The van der Waals surface area contributed by atoms with E-state index in [1.165, 1.54) is 27.4 Å². The fraction of sp³-hybridized carbons (Fsp3) is 0.476. The van der Waals surface area contributed by atoms with Crippen LogP contribution in [0.3, 0.4) is 0 Å². The smallest absolute Gasteiger partial charge is 0.360 e. The number of nitrogens with zero attached hydrogens (tertiary/aromatic N) is 3. The number of piperidine rings is 1. The fourth-order valence-electron chi connectivity index (χ4n) is 4.20. The van der Waals surface area contributed by atoms with Crippen molar-refractivity contribution in [3.8, 4) is 0 Å². The summed E-state index contributed by atoms with van der Waals surface area (Å²) in [6.07, 6.45) is -3.97. The molecular formula is C21H21Cl2F3N4O5S. The second kappa shape index (κ2) is 10.2. The molecule has 2 amide bonds. The molecule has 4 rings (SSSR count). The molecule has 0 bridgehead atoms. The number of fused-ring (bicyclic) bond motifs is 1. The van der Waals surface area contributed by atoms with Crippen LogP contribution in [-0.2, 0) is 27.8 Å². The maximum atomic E-state index is 13.2. The Balaban J connectivity index is 1.43. The SMILES string of the molecule is O=C(c1noc2c1CN(S(=O)(=O)c1cc(Cl)ccc1Cl)CC2)N1CCC(CNC(=O)C(F)(F)F)CC1. The van der Waals surface area contributed by atoms with Crippen LogP contribution in [0.1, 0.15) is 34.7 Å². The zero-order chi connectivity index (χ0) is 26.3. The van der Waals surface area contributed by atoms with E-state index in [1.807, 2.05) is 5.32 Å². The van der Waals surface area contributed by atoms with Crippen LogP contribution in [0.2, 0.25) is 10.0 Å². The number of nitrogens with one attached hydrogen (secondary N) is 1. The first kappa shape index (κ1) is 26.7. The normalized spacial score (nSPS) is 17.6. The highest BCUT2D eigenvalue weighted by Gasteiger charge is 2.39. The van der Waals surface area contributed by atoms with Crippen LogP contribution >= 0.6 is 23.2 Å². The third-order valence-electron chi connectivity index (χ3n) is 6.22. The van der Waals surface area contributed by atoms with Crippen molar-refractivity contribution in [3.05, 3.63) is 45.3 Å². The number of benzene rings is 1. The largest absolute Gasteiger partial charge is 0.471 e. The Kier molecular flexibility index (Phi) is 7.56. The maximum Gasteiger partial charge on any atom is 0.471 e. The van der Waals surface area contributed by atoms with Gasteiger partial charge in [0, 0.05) is 49.7 Å². The van der Waals surface area contributed by atoms with Crippen LogP contribution in [0, 0.1) is 5.92 Å². The Morgan fingerprint density at radius 1 is 1.17 bits per heavy atom.